The van der Waals surface area contributed by atoms with Crippen molar-refractivity contribution in [2.45, 2.75) is 327 Å². The van der Waals surface area contributed by atoms with Crippen LogP contribution >= 0.6 is 0 Å². The molecule has 1 aromatic carbocycles. The number of carbonyl (C=O) groups is 25. The van der Waals surface area contributed by atoms with Gasteiger partial charge in [0.05, 0.1) is 50.9 Å². The first-order valence-electron chi connectivity index (χ1n) is 49.4. The first-order valence-corrected chi connectivity index (χ1v) is 49.4. The van der Waals surface area contributed by atoms with Crippen LogP contribution in [-0.4, -0.2) is 348 Å². The smallest absolute Gasteiger partial charge is 0.326 e. The first kappa shape index (κ1) is 129. The average molecular weight is 2120 g/mol. The Hall–Kier alpha value is -14.4. The van der Waals surface area contributed by atoms with Crippen molar-refractivity contribution < 1.29 is 156 Å². The van der Waals surface area contributed by atoms with Gasteiger partial charge >= 0.3 is 17.9 Å². The second-order valence-corrected chi connectivity index (χ2v) is 38.7. The van der Waals surface area contributed by atoms with Crippen molar-refractivity contribution in [1.82, 2.24) is 100 Å². The Labute approximate surface area is 860 Å². The number of phenols is 1. The summed E-state index contributed by atoms with van der Waals surface area (Å²) in [5.74, 6) is -30.8. The van der Waals surface area contributed by atoms with E-state index in [2.05, 4.69) is 85.1 Å². The highest BCUT2D eigenvalue weighted by atomic mass is 16.4. The number of amides is 22. The molecular weight excluding hydrogens is 1960 g/mol. The third-order valence-corrected chi connectivity index (χ3v) is 24.7. The fourth-order valence-corrected chi connectivity index (χ4v) is 15.7. The topological polar surface area (TPSA) is 883 Å². The lowest BCUT2D eigenvalue weighted by atomic mass is 9.96. The number of aliphatic hydroxyl groups excluding tert-OH is 3. The molecule has 1 aromatic rings. The molecule has 0 radical (unpaired) electrons. The molecule has 0 bridgehead atoms. The van der Waals surface area contributed by atoms with E-state index in [9.17, 15) is 151 Å². The molecule has 32 N–H and O–H groups in total. The van der Waals surface area contributed by atoms with E-state index in [-0.39, 0.29) is 69.7 Å². The minimum Gasteiger partial charge on any atom is -0.508 e. The van der Waals surface area contributed by atoms with Crippen LogP contribution in [0.2, 0.25) is 0 Å². The molecule has 21 atom stereocenters. The molecular formula is C94H151N23O32. The zero-order chi connectivity index (χ0) is 113. The molecule has 0 unspecified atom stereocenters. The summed E-state index contributed by atoms with van der Waals surface area (Å²) in [4.78, 5) is 340. The van der Waals surface area contributed by atoms with Crippen LogP contribution in [0.4, 0.5) is 0 Å². The van der Waals surface area contributed by atoms with E-state index >= 15 is 4.79 Å². The van der Waals surface area contributed by atoms with Gasteiger partial charge in [-0.3, -0.25) is 115 Å². The number of primary amides is 3. The number of aliphatic hydroxyl groups is 3. The fraction of sp³-hybridized carbons (Fsp3) is 0.670. The van der Waals surface area contributed by atoms with E-state index in [1.54, 1.807) is 62.3 Å². The zero-order valence-electron chi connectivity index (χ0n) is 86.3. The number of likely N-dealkylation sites (tertiary alicyclic amines) is 2. The number of benzene rings is 1. The standard InChI is InChI=1S/C94H151N23O32/c1-15-47(11)72(98)88(142)113-73(45(7)8)89(143)101-39-67(125)99-40-69(127)111-76(49(13)119)91(145)105-56(28-32-70(128)129)81(135)112-74(46(9)10)90(144)115-77(50(14)120)93(147)116-33-17-19-62(116)86(140)100-41-68(126)102-53(25-29-64(95)122)80(134)114-75(48(12)16-2)92(146)117-34-18-20-63(117)87(141)108-59(37-51-21-23-52(121)24-22-51)84(138)104-54(26-30-65(96)123)78(132)106-58(36-44(5)6)83(137)110-61(42-118)85(139)107-57(35-43(3)4)82(136)103-55(27-31-66(97)124)79(133)109-60(94(148)149)38-71(130)131/h21-24,43-50,53-63,72-77,118-121H,15-20,25-42,98H2,1-14H3,(H2,95,122)(H2,96,123)(H2,97,124)(H,99,125)(H,100,140)(H,101,143)(H,102,126)(H,103,136)(H,104,138)(H,105,145)(H,106,132)(H,107,139)(H,108,141)(H,109,133)(H,110,137)(H,111,127)(H,112,135)(H,113,142)(H,114,134)(H,115,144)(H,128,129)(H,130,131)(H,148,149)/t47-,48-,49+,50+,53-,54-,55-,56-,57-,58-,59-,60-,61-,62-,63-,72-,73-,74-,75-,76-,77-/m0/s1. The summed E-state index contributed by atoms with van der Waals surface area (Å²) < 4.78 is 0. The maximum Gasteiger partial charge on any atom is 0.326 e. The van der Waals surface area contributed by atoms with Crippen LogP contribution < -0.4 is 113 Å². The van der Waals surface area contributed by atoms with Gasteiger partial charge in [-0.05, 0) is 131 Å². The summed E-state index contributed by atoms with van der Waals surface area (Å²) in [6.07, 6.45) is -9.08. The number of carboxylic acids is 3. The van der Waals surface area contributed by atoms with Crippen LogP contribution in [-0.2, 0) is 126 Å². The van der Waals surface area contributed by atoms with Crippen molar-refractivity contribution in [3.05, 3.63) is 29.8 Å². The van der Waals surface area contributed by atoms with Crippen molar-refractivity contribution in [1.29, 1.82) is 0 Å². The number of carbonyl (C=O) groups excluding carboxylic acids is 22. The molecule has 834 valence electrons. The van der Waals surface area contributed by atoms with Crippen LogP contribution in [0.5, 0.6) is 5.75 Å². The third kappa shape index (κ3) is 44.3. The largest absolute Gasteiger partial charge is 0.508 e. The summed E-state index contributed by atoms with van der Waals surface area (Å²) in [5, 5.41) is 111. The Morgan fingerprint density at radius 1 is 0.362 bits per heavy atom. The van der Waals surface area contributed by atoms with Crippen LogP contribution in [0.15, 0.2) is 24.3 Å². The van der Waals surface area contributed by atoms with Crippen LogP contribution in [0.1, 0.15) is 212 Å². The molecule has 55 heteroatoms. The molecule has 2 saturated heterocycles. The maximum atomic E-state index is 15.1. The summed E-state index contributed by atoms with van der Waals surface area (Å²) >= 11 is 0. The van der Waals surface area contributed by atoms with Crippen molar-refractivity contribution in [3.8, 4) is 5.75 Å². The fourth-order valence-electron chi connectivity index (χ4n) is 15.7. The number of phenolic OH excluding ortho intramolecular Hbond substituents is 1. The molecule has 22 amide bonds. The van der Waals surface area contributed by atoms with Gasteiger partial charge in [0, 0.05) is 45.2 Å². The second-order valence-electron chi connectivity index (χ2n) is 38.7. The number of carboxylic acid groups (broad SMARTS) is 3. The summed E-state index contributed by atoms with van der Waals surface area (Å²) in [5.41, 5.74) is 22.7. The molecule has 2 aliphatic rings. The van der Waals surface area contributed by atoms with E-state index in [1.807, 2.05) is 12.2 Å². The van der Waals surface area contributed by atoms with Gasteiger partial charge in [-0.2, -0.15) is 0 Å². The number of aliphatic carboxylic acids is 3. The number of hydrogen-bond acceptors (Lipinski definition) is 30. The Kier molecular flexibility index (Phi) is 54.7. The molecule has 2 fully saturated rings. The van der Waals surface area contributed by atoms with Gasteiger partial charge in [-0.15, -0.1) is 0 Å². The van der Waals surface area contributed by atoms with Gasteiger partial charge in [0.2, 0.25) is 130 Å². The van der Waals surface area contributed by atoms with E-state index in [1.165, 1.54) is 38.1 Å². The first-order chi connectivity index (χ1) is 69.7. The van der Waals surface area contributed by atoms with Gasteiger partial charge < -0.3 is 159 Å². The van der Waals surface area contributed by atoms with Crippen LogP contribution in [0, 0.1) is 35.5 Å². The van der Waals surface area contributed by atoms with Crippen LogP contribution in [0.3, 0.4) is 0 Å². The lowest BCUT2D eigenvalue weighted by Gasteiger charge is -2.33. The normalized spacial score (nSPS) is 17.1. The van der Waals surface area contributed by atoms with E-state index in [0.29, 0.717) is 12.0 Å². The average Bonchev–Trinajstić information content (AvgIpc) is 1.70. The molecule has 149 heavy (non-hydrogen) atoms. The molecule has 3 rings (SSSR count). The zero-order valence-corrected chi connectivity index (χ0v) is 86.3. The maximum absolute atomic E-state index is 15.1. The van der Waals surface area contributed by atoms with Gasteiger partial charge in [0.15, 0.2) is 0 Å². The lowest BCUT2D eigenvalue weighted by Crippen LogP contribution is -2.62. The molecule has 0 aliphatic carbocycles. The summed E-state index contributed by atoms with van der Waals surface area (Å²) in [6.45, 7) is 17.8. The molecule has 55 nitrogen and oxygen atoms in total. The van der Waals surface area contributed by atoms with E-state index < -0.39 is 383 Å². The van der Waals surface area contributed by atoms with Gasteiger partial charge in [-0.25, -0.2) is 4.79 Å². The van der Waals surface area contributed by atoms with Crippen molar-refractivity contribution >= 4 is 148 Å². The lowest BCUT2D eigenvalue weighted by molar-refractivity contribution is -0.147. The Morgan fingerprint density at radius 2 is 0.725 bits per heavy atom. The number of nitrogens with one attached hydrogen (secondary N) is 17. The molecule has 2 aliphatic heterocycles. The highest BCUT2D eigenvalue weighted by Crippen LogP contribution is 2.26. The van der Waals surface area contributed by atoms with Gasteiger partial charge in [0.25, 0.3) is 0 Å². The number of nitrogens with two attached hydrogens (primary N) is 4. The number of hydrogen-bond donors (Lipinski definition) is 28. The molecule has 0 aromatic heterocycles. The second kappa shape index (κ2) is 63.3. The molecule has 0 spiro atoms. The van der Waals surface area contributed by atoms with E-state index in [0.717, 1.165) is 23.6 Å². The number of aromatic hydroxyl groups is 1. The minimum absolute atomic E-state index is 0.0514. The highest BCUT2D eigenvalue weighted by molar-refractivity contribution is 6.03. The predicted molar refractivity (Wildman–Crippen MR) is 525 cm³/mol. The third-order valence-electron chi connectivity index (χ3n) is 24.7. The quantitative estimate of drug-likeness (QED) is 0.0288. The molecule has 2 heterocycles. The van der Waals surface area contributed by atoms with Gasteiger partial charge in [-0.1, -0.05) is 108 Å². The minimum atomic E-state index is -2.00. The van der Waals surface area contributed by atoms with Crippen molar-refractivity contribution in [2.75, 3.05) is 39.3 Å². The van der Waals surface area contributed by atoms with Gasteiger partial charge in [0.1, 0.15) is 102 Å². The number of nitrogens with zero attached hydrogens (tertiary/aromatic N) is 2. The van der Waals surface area contributed by atoms with E-state index in [4.69, 9.17) is 22.9 Å². The monoisotopic (exact) mass is 2110 g/mol. The summed E-state index contributed by atoms with van der Waals surface area (Å²) in [7, 11) is 0. The predicted octanol–water partition coefficient (Wildman–Crippen LogP) is -9.15. The summed E-state index contributed by atoms with van der Waals surface area (Å²) in [6, 6.07) is -22.2. The van der Waals surface area contributed by atoms with Crippen molar-refractivity contribution in [2.24, 2.45) is 58.4 Å². The Bertz CT molecular complexity index is 4870. The highest BCUT2D eigenvalue weighted by Gasteiger charge is 2.46. The SMILES string of the molecule is CC[C@H](C)[C@H](N)C(=O)N[C@H](C(=O)NCC(=O)NCC(=O)N[C@H](C(=O)N[C@@H](CCC(=O)O)C(=O)N[C@H](C(=O)N[C@H](C(=O)N1CCC[C@H]1C(=O)NCC(=O)N[C@@H](CCC(N)=O)C(=O)N[C@H](C(=O)N1CCC[C@H]1C(=O)N[C@@H](Cc1ccc(O)cc1)C(=O)N[C@@H](CCC(N)=O)C(=O)N[C@@H](CC(C)C)C(=O)N[C@@H](CO)C(=O)N[C@@H](CC(C)C)C(=O)N[C@@H](CCC(N)=O)C(=O)N[C@@H](CC(=O)O)C(=O)O)[C@@H](C)CC)[C@@H](C)O)C(C)C)[C@@H](C)O)C(C)C. The Balaban J connectivity index is 1.85. The molecule has 0 saturated carbocycles. The number of rotatable bonds is 66. The van der Waals surface area contributed by atoms with Crippen molar-refractivity contribution in [3.63, 3.8) is 0 Å². The Morgan fingerprint density at radius 3 is 1.16 bits per heavy atom. The van der Waals surface area contributed by atoms with Crippen LogP contribution in [0.25, 0.3) is 0 Å².